The highest BCUT2D eigenvalue weighted by atomic mass is 32.1. The molecule has 1 aromatic rings. The van der Waals surface area contributed by atoms with Crippen molar-refractivity contribution in [2.45, 2.75) is 46.1 Å². The standard InChI is InChI=1S/C13H21N3O2S/c1-3-6-13(7-4-2,11(14)19)12(17)15-9-10-5-8-16-18-10/h5,8H,3-4,6-7,9H2,1-2H3,(H2,14,19)(H,15,17). The number of amides is 1. The maximum Gasteiger partial charge on any atom is 0.233 e. The third-order valence-electron chi connectivity index (χ3n) is 3.17. The van der Waals surface area contributed by atoms with Gasteiger partial charge in [0.25, 0.3) is 0 Å². The van der Waals surface area contributed by atoms with Crippen LogP contribution in [0.25, 0.3) is 0 Å². The van der Waals surface area contributed by atoms with Gasteiger partial charge in [-0.05, 0) is 12.8 Å². The van der Waals surface area contributed by atoms with Gasteiger partial charge in [0.1, 0.15) is 0 Å². The van der Waals surface area contributed by atoms with E-state index in [2.05, 4.69) is 10.5 Å². The van der Waals surface area contributed by atoms with E-state index in [9.17, 15) is 4.79 Å². The van der Waals surface area contributed by atoms with E-state index in [4.69, 9.17) is 22.5 Å². The van der Waals surface area contributed by atoms with Crippen molar-refractivity contribution in [2.75, 3.05) is 0 Å². The second kappa shape index (κ2) is 7.23. The van der Waals surface area contributed by atoms with Crippen LogP contribution in [0.4, 0.5) is 0 Å². The molecule has 0 aliphatic heterocycles. The van der Waals surface area contributed by atoms with Gasteiger partial charge in [0.05, 0.1) is 23.1 Å². The number of thiocarbonyl (C=S) groups is 1. The third kappa shape index (κ3) is 3.76. The molecule has 1 aromatic heterocycles. The molecule has 1 rings (SSSR count). The van der Waals surface area contributed by atoms with Crippen LogP contribution in [0.5, 0.6) is 0 Å². The van der Waals surface area contributed by atoms with Crippen molar-refractivity contribution in [1.82, 2.24) is 10.5 Å². The van der Waals surface area contributed by atoms with Crippen LogP contribution >= 0.6 is 12.2 Å². The third-order valence-corrected chi connectivity index (χ3v) is 3.57. The second-order valence-corrected chi connectivity index (χ2v) is 5.05. The van der Waals surface area contributed by atoms with Crippen LogP contribution in [0.15, 0.2) is 16.8 Å². The predicted octanol–water partition coefficient (Wildman–Crippen LogP) is 2.16. The monoisotopic (exact) mass is 283 g/mol. The van der Waals surface area contributed by atoms with E-state index in [1.807, 2.05) is 13.8 Å². The lowest BCUT2D eigenvalue weighted by Crippen LogP contribution is -2.48. The van der Waals surface area contributed by atoms with Gasteiger partial charge in [-0.2, -0.15) is 0 Å². The molecule has 0 fully saturated rings. The van der Waals surface area contributed by atoms with E-state index in [0.717, 1.165) is 12.8 Å². The van der Waals surface area contributed by atoms with Crippen molar-refractivity contribution in [3.63, 3.8) is 0 Å². The number of hydrogen-bond donors (Lipinski definition) is 2. The fourth-order valence-electron chi connectivity index (χ4n) is 2.23. The molecular formula is C13H21N3O2S. The molecule has 1 amide bonds. The highest BCUT2D eigenvalue weighted by molar-refractivity contribution is 7.80. The first-order valence-corrected chi connectivity index (χ1v) is 6.95. The molecule has 19 heavy (non-hydrogen) atoms. The van der Waals surface area contributed by atoms with Crippen molar-refractivity contribution in [2.24, 2.45) is 11.1 Å². The molecule has 5 nitrogen and oxygen atoms in total. The van der Waals surface area contributed by atoms with Gasteiger partial charge in [-0.15, -0.1) is 0 Å². The van der Waals surface area contributed by atoms with E-state index < -0.39 is 5.41 Å². The molecule has 0 aliphatic rings. The first-order valence-electron chi connectivity index (χ1n) is 6.54. The van der Waals surface area contributed by atoms with Gasteiger partial charge >= 0.3 is 0 Å². The second-order valence-electron chi connectivity index (χ2n) is 4.61. The van der Waals surface area contributed by atoms with Crippen LogP contribution in [0, 0.1) is 5.41 Å². The highest BCUT2D eigenvalue weighted by Crippen LogP contribution is 2.31. The van der Waals surface area contributed by atoms with Crippen LogP contribution in [0.2, 0.25) is 0 Å². The summed E-state index contributed by atoms with van der Waals surface area (Å²) < 4.78 is 4.95. The Morgan fingerprint density at radius 1 is 1.47 bits per heavy atom. The maximum absolute atomic E-state index is 12.4. The van der Waals surface area contributed by atoms with E-state index in [0.29, 0.717) is 25.1 Å². The van der Waals surface area contributed by atoms with Gasteiger partial charge in [-0.25, -0.2) is 0 Å². The van der Waals surface area contributed by atoms with Crippen molar-refractivity contribution >= 4 is 23.1 Å². The van der Waals surface area contributed by atoms with Crippen LogP contribution in [0.3, 0.4) is 0 Å². The number of nitrogens with two attached hydrogens (primary N) is 1. The summed E-state index contributed by atoms with van der Waals surface area (Å²) in [6.45, 7) is 4.34. The molecule has 0 saturated heterocycles. The number of nitrogens with one attached hydrogen (secondary N) is 1. The summed E-state index contributed by atoms with van der Waals surface area (Å²) >= 11 is 5.13. The molecule has 0 bridgehead atoms. The molecule has 0 unspecified atom stereocenters. The molecular weight excluding hydrogens is 262 g/mol. The average molecular weight is 283 g/mol. The normalized spacial score (nSPS) is 11.3. The first-order chi connectivity index (χ1) is 9.06. The van der Waals surface area contributed by atoms with Crippen LogP contribution < -0.4 is 11.1 Å². The molecule has 0 atom stereocenters. The molecule has 0 saturated carbocycles. The van der Waals surface area contributed by atoms with Crippen molar-refractivity contribution < 1.29 is 9.32 Å². The van der Waals surface area contributed by atoms with Gasteiger partial charge in [-0.1, -0.05) is 44.1 Å². The summed E-state index contributed by atoms with van der Waals surface area (Å²) in [6.07, 6.45) is 4.58. The van der Waals surface area contributed by atoms with Crippen LogP contribution in [0.1, 0.15) is 45.3 Å². The lowest BCUT2D eigenvalue weighted by molar-refractivity contribution is -0.128. The van der Waals surface area contributed by atoms with Crippen LogP contribution in [-0.2, 0) is 11.3 Å². The van der Waals surface area contributed by atoms with Gasteiger partial charge in [0.15, 0.2) is 5.76 Å². The predicted molar refractivity (Wildman–Crippen MR) is 77.4 cm³/mol. The maximum atomic E-state index is 12.4. The molecule has 0 spiro atoms. The van der Waals surface area contributed by atoms with Crippen molar-refractivity contribution in [1.29, 1.82) is 0 Å². The molecule has 106 valence electrons. The largest absolute Gasteiger partial charge is 0.392 e. The molecule has 1 heterocycles. The number of rotatable bonds is 8. The molecule has 3 N–H and O–H groups in total. The molecule has 6 heteroatoms. The van der Waals surface area contributed by atoms with E-state index >= 15 is 0 Å². The van der Waals surface area contributed by atoms with Crippen molar-refractivity contribution in [3.8, 4) is 0 Å². The van der Waals surface area contributed by atoms with Gasteiger partial charge in [0.2, 0.25) is 5.91 Å². The van der Waals surface area contributed by atoms with Crippen molar-refractivity contribution in [3.05, 3.63) is 18.0 Å². The van der Waals surface area contributed by atoms with Crippen LogP contribution in [-0.4, -0.2) is 16.1 Å². The van der Waals surface area contributed by atoms with Gasteiger partial charge < -0.3 is 15.6 Å². The summed E-state index contributed by atoms with van der Waals surface area (Å²) in [5, 5.41) is 6.43. The molecule has 0 radical (unpaired) electrons. The first kappa shape index (κ1) is 15.6. The SMILES string of the molecule is CCCC(CCC)(C(=O)NCc1ccno1)C(N)=S. The molecule has 0 aliphatic carbocycles. The summed E-state index contributed by atoms with van der Waals surface area (Å²) in [5.41, 5.74) is 5.08. The minimum atomic E-state index is -0.751. The Morgan fingerprint density at radius 3 is 2.53 bits per heavy atom. The van der Waals surface area contributed by atoms with Gasteiger partial charge in [0, 0.05) is 6.07 Å². The number of hydrogen-bond acceptors (Lipinski definition) is 4. The molecule has 0 aromatic carbocycles. The smallest absolute Gasteiger partial charge is 0.233 e. The fourth-order valence-corrected chi connectivity index (χ4v) is 2.53. The lowest BCUT2D eigenvalue weighted by Gasteiger charge is -2.30. The van der Waals surface area contributed by atoms with E-state index in [-0.39, 0.29) is 10.9 Å². The Kier molecular flexibility index (Phi) is 5.95. The topological polar surface area (TPSA) is 81.2 Å². The minimum Gasteiger partial charge on any atom is -0.392 e. The average Bonchev–Trinajstić information content (AvgIpc) is 2.88. The quantitative estimate of drug-likeness (QED) is 0.715. The lowest BCUT2D eigenvalue weighted by atomic mass is 9.78. The number of carbonyl (C=O) groups is 1. The number of nitrogens with zero attached hydrogens (tertiary/aromatic N) is 1. The Bertz CT molecular complexity index is 412. The zero-order chi connectivity index (χ0) is 14.3. The number of aromatic nitrogens is 1. The minimum absolute atomic E-state index is 0.125. The van der Waals surface area contributed by atoms with Gasteiger partial charge in [-0.3, -0.25) is 4.79 Å². The Morgan fingerprint density at radius 2 is 2.11 bits per heavy atom. The summed E-state index contributed by atoms with van der Waals surface area (Å²) in [4.78, 5) is 12.7. The Balaban J connectivity index is 2.77. The summed E-state index contributed by atoms with van der Waals surface area (Å²) in [5.74, 6) is 0.485. The highest BCUT2D eigenvalue weighted by Gasteiger charge is 2.39. The zero-order valence-corrected chi connectivity index (χ0v) is 12.3. The summed E-state index contributed by atoms with van der Waals surface area (Å²) in [6, 6.07) is 1.71. The zero-order valence-electron chi connectivity index (χ0n) is 11.4. The van der Waals surface area contributed by atoms with E-state index in [1.165, 1.54) is 0 Å². The Hall–Kier alpha value is -1.43. The number of carbonyl (C=O) groups excluding carboxylic acids is 1. The Labute approximate surface area is 118 Å². The fraction of sp³-hybridized carbons (Fsp3) is 0.615. The summed E-state index contributed by atoms with van der Waals surface area (Å²) in [7, 11) is 0. The van der Waals surface area contributed by atoms with E-state index in [1.54, 1.807) is 12.3 Å².